The van der Waals surface area contributed by atoms with Gasteiger partial charge in [-0.2, -0.15) is 8.42 Å². The second-order valence-electron chi connectivity index (χ2n) is 6.09. The highest BCUT2D eigenvalue weighted by Crippen LogP contribution is 2.30. The SMILES string of the molecule is COC1CN(c2ccc(N3CC(CCS(=O)(=O)O)OC3=O)cc2F)C1. The molecule has 138 valence electrons. The van der Waals surface area contributed by atoms with E-state index in [2.05, 4.69) is 0 Å². The maximum Gasteiger partial charge on any atom is 0.414 e. The summed E-state index contributed by atoms with van der Waals surface area (Å²) in [6.45, 7) is 1.31. The van der Waals surface area contributed by atoms with E-state index in [0.29, 0.717) is 24.5 Å². The van der Waals surface area contributed by atoms with Gasteiger partial charge < -0.3 is 14.4 Å². The Morgan fingerprint density at radius 3 is 2.68 bits per heavy atom. The van der Waals surface area contributed by atoms with Crippen LogP contribution in [0.2, 0.25) is 0 Å². The first-order valence-electron chi connectivity index (χ1n) is 7.77. The van der Waals surface area contributed by atoms with E-state index < -0.39 is 33.9 Å². The lowest BCUT2D eigenvalue weighted by Crippen LogP contribution is -2.52. The first-order valence-corrected chi connectivity index (χ1v) is 9.38. The van der Waals surface area contributed by atoms with Gasteiger partial charge in [-0.1, -0.05) is 0 Å². The molecule has 2 fully saturated rings. The van der Waals surface area contributed by atoms with Crippen LogP contribution >= 0.6 is 0 Å². The van der Waals surface area contributed by atoms with Crippen LogP contribution in [0.5, 0.6) is 0 Å². The molecule has 0 spiro atoms. The van der Waals surface area contributed by atoms with Gasteiger partial charge in [0.15, 0.2) is 0 Å². The lowest BCUT2D eigenvalue weighted by Gasteiger charge is -2.40. The van der Waals surface area contributed by atoms with E-state index in [1.807, 2.05) is 4.90 Å². The number of ether oxygens (including phenoxy) is 2. The van der Waals surface area contributed by atoms with Gasteiger partial charge in [0.2, 0.25) is 0 Å². The minimum atomic E-state index is -4.12. The Hall–Kier alpha value is -1.91. The number of hydrogen-bond acceptors (Lipinski definition) is 6. The number of halogens is 1. The molecule has 1 aromatic rings. The predicted molar refractivity (Wildman–Crippen MR) is 88.1 cm³/mol. The Kier molecular flexibility index (Phi) is 4.85. The summed E-state index contributed by atoms with van der Waals surface area (Å²) in [4.78, 5) is 15.0. The Labute approximate surface area is 144 Å². The van der Waals surface area contributed by atoms with Crippen LogP contribution in [0, 0.1) is 5.82 Å². The van der Waals surface area contributed by atoms with Crippen molar-refractivity contribution in [1.29, 1.82) is 0 Å². The number of rotatable bonds is 6. The summed E-state index contributed by atoms with van der Waals surface area (Å²) in [5.74, 6) is -0.955. The van der Waals surface area contributed by atoms with Gasteiger partial charge >= 0.3 is 6.09 Å². The molecule has 0 bridgehead atoms. The summed E-state index contributed by atoms with van der Waals surface area (Å²) in [5, 5.41) is 0. The van der Waals surface area contributed by atoms with Gasteiger partial charge in [-0.3, -0.25) is 9.45 Å². The number of nitrogens with zero attached hydrogens (tertiary/aromatic N) is 2. The van der Waals surface area contributed by atoms with Gasteiger partial charge in [0.25, 0.3) is 10.1 Å². The van der Waals surface area contributed by atoms with Crippen LogP contribution in [0.1, 0.15) is 6.42 Å². The minimum absolute atomic E-state index is 0.0200. The van der Waals surface area contributed by atoms with Gasteiger partial charge in [0.1, 0.15) is 11.9 Å². The molecule has 1 unspecified atom stereocenters. The average molecular weight is 374 g/mol. The smallest absolute Gasteiger partial charge is 0.414 e. The van der Waals surface area contributed by atoms with Gasteiger partial charge in [-0.05, 0) is 18.2 Å². The topological polar surface area (TPSA) is 96.4 Å². The van der Waals surface area contributed by atoms with Crippen molar-refractivity contribution < 1.29 is 31.6 Å². The van der Waals surface area contributed by atoms with E-state index in [9.17, 15) is 17.6 Å². The van der Waals surface area contributed by atoms with Crippen molar-refractivity contribution in [2.24, 2.45) is 0 Å². The molecule has 8 nitrogen and oxygen atoms in total. The van der Waals surface area contributed by atoms with Gasteiger partial charge in [-0.15, -0.1) is 0 Å². The highest BCUT2D eigenvalue weighted by molar-refractivity contribution is 7.85. The van der Waals surface area contributed by atoms with Crippen LogP contribution < -0.4 is 9.80 Å². The number of amides is 1. The fourth-order valence-electron chi connectivity index (χ4n) is 2.87. The highest BCUT2D eigenvalue weighted by atomic mass is 32.2. The molecule has 2 heterocycles. The van der Waals surface area contributed by atoms with Crippen molar-refractivity contribution in [3.8, 4) is 0 Å². The fraction of sp³-hybridized carbons (Fsp3) is 0.533. The lowest BCUT2D eigenvalue weighted by atomic mass is 10.1. The van der Waals surface area contributed by atoms with E-state index in [0.717, 1.165) is 0 Å². The normalized spacial score (nSPS) is 21.4. The molecule has 2 aliphatic rings. The molecule has 0 saturated carbocycles. The van der Waals surface area contributed by atoms with Crippen molar-refractivity contribution in [2.45, 2.75) is 18.6 Å². The van der Waals surface area contributed by atoms with Crippen molar-refractivity contribution in [3.05, 3.63) is 24.0 Å². The first-order chi connectivity index (χ1) is 11.8. The summed E-state index contributed by atoms with van der Waals surface area (Å²) < 4.78 is 54.9. The number of hydrogen-bond donors (Lipinski definition) is 1. The van der Waals surface area contributed by atoms with Crippen LogP contribution in [0.3, 0.4) is 0 Å². The zero-order chi connectivity index (χ0) is 18.2. The molecule has 0 radical (unpaired) electrons. The number of benzene rings is 1. The zero-order valence-electron chi connectivity index (χ0n) is 13.6. The maximum atomic E-state index is 14.4. The maximum absolute atomic E-state index is 14.4. The second-order valence-corrected chi connectivity index (χ2v) is 7.66. The van der Waals surface area contributed by atoms with Crippen molar-refractivity contribution in [1.82, 2.24) is 0 Å². The monoisotopic (exact) mass is 374 g/mol. The zero-order valence-corrected chi connectivity index (χ0v) is 14.4. The molecule has 1 atom stereocenters. The Balaban J connectivity index is 1.66. The van der Waals surface area contributed by atoms with E-state index in [4.69, 9.17) is 14.0 Å². The molecule has 25 heavy (non-hydrogen) atoms. The van der Waals surface area contributed by atoms with E-state index in [-0.39, 0.29) is 19.1 Å². The summed E-state index contributed by atoms with van der Waals surface area (Å²) in [6, 6.07) is 4.46. The van der Waals surface area contributed by atoms with Crippen molar-refractivity contribution in [2.75, 3.05) is 42.3 Å². The molecule has 2 aliphatic heterocycles. The molecule has 10 heteroatoms. The molecular formula is C15H19FN2O6S. The number of cyclic esters (lactones) is 1. The number of methoxy groups -OCH3 is 1. The second kappa shape index (κ2) is 6.77. The first kappa shape index (κ1) is 17.9. The van der Waals surface area contributed by atoms with Crippen molar-refractivity contribution >= 4 is 27.6 Å². The summed E-state index contributed by atoms with van der Waals surface area (Å²) in [5.41, 5.74) is 0.775. The summed E-state index contributed by atoms with van der Waals surface area (Å²) in [6.07, 6.45) is -1.27. The molecule has 3 rings (SSSR count). The van der Waals surface area contributed by atoms with E-state index >= 15 is 0 Å². The van der Waals surface area contributed by atoms with Crippen LogP contribution in [0.15, 0.2) is 18.2 Å². The number of anilines is 2. The predicted octanol–water partition coefficient (Wildman–Crippen LogP) is 1.26. The Bertz CT molecular complexity index is 765. The summed E-state index contributed by atoms with van der Waals surface area (Å²) in [7, 11) is -2.51. The standard InChI is InChI=1S/C15H19FN2O6S/c1-23-12-7-17(8-12)14-3-2-10(6-13(14)16)18-9-11(24-15(18)19)4-5-25(20,21)22/h2-3,6,11-12H,4-5,7-9H2,1H3,(H,20,21,22). The highest BCUT2D eigenvalue weighted by Gasteiger charge is 2.34. The molecule has 1 amide bonds. The Morgan fingerprint density at radius 1 is 1.36 bits per heavy atom. The molecule has 1 aromatic carbocycles. The molecule has 0 aromatic heterocycles. The minimum Gasteiger partial charge on any atom is -0.444 e. The quantitative estimate of drug-likeness (QED) is 0.749. The van der Waals surface area contributed by atoms with Crippen LogP contribution in [0.25, 0.3) is 0 Å². The lowest BCUT2D eigenvalue weighted by molar-refractivity contribution is 0.0784. The van der Waals surface area contributed by atoms with E-state index in [1.165, 1.54) is 11.0 Å². The van der Waals surface area contributed by atoms with Gasteiger partial charge in [0.05, 0.1) is 29.8 Å². The molecule has 2 saturated heterocycles. The van der Waals surface area contributed by atoms with Gasteiger partial charge in [-0.25, -0.2) is 9.18 Å². The Morgan fingerprint density at radius 2 is 2.08 bits per heavy atom. The number of carbonyl (C=O) groups is 1. The molecular weight excluding hydrogens is 355 g/mol. The largest absolute Gasteiger partial charge is 0.444 e. The van der Waals surface area contributed by atoms with Crippen molar-refractivity contribution in [3.63, 3.8) is 0 Å². The van der Waals surface area contributed by atoms with Gasteiger partial charge in [0, 0.05) is 26.6 Å². The average Bonchev–Trinajstić information content (AvgIpc) is 2.86. The number of carbonyl (C=O) groups excluding carboxylic acids is 1. The van der Waals surface area contributed by atoms with E-state index in [1.54, 1.807) is 19.2 Å². The third-order valence-electron chi connectivity index (χ3n) is 4.34. The molecule has 1 N–H and O–H groups in total. The summed E-state index contributed by atoms with van der Waals surface area (Å²) >= 11 is 0. The van der Waals surface area contributed by atoms with Crippen LogP contribution in [0.4, 0.5) is 20.6 Å². The third kappa shape index (κ3) is 4.02. The third-order valence-corrected chi connectivity index (χ3v) is 5.09. The van der Waals surface area contributed by atoms with Crippen LogP contribution in [-0.2, 0) is 19.6 Å². The molecule has 0 aliphatic carbocycles. The fourth-order valence-corrected chi connectivity index (χ4v) is 3.43. The van der Waals surface area contributed by atoms with Crippen LogP contribution in [-0.4, -0.2) is 63.8 Å².